The maximum atomic E-state index is 12.3. The highest BCUT2D eigenvalue weighted by Crippen LogP contribution is 2.45. The molecule has 0 fully saturated rings. The summed E-state index contributed by atoms with van der Waals surface area (Å²) in [6, 6.07) is 33.0. The van der Waals surface area contributed by atoms with Gasteiger partial charge >= 0.3 is 5.97 Å². The van der Waals surface area contributed by atoms with E-state index in [1.54, 1.807) is 0 Å². The van der Waals surface area contributed by atoms with Gasteiger partial charge in [0.1, 0.15) is 18.1 Å². The van der Waals surface area contributed by atoms with Gasteiger partial charge in [0, 0.05) is 6.42 Å². The van der Waals surface area contributed by atoms with Crippen LogP contribution in [0.4, 0.5) is 11.4 Å². The van der Waals surface area contributed by atoms with Crippen molar-refractivity contribution in [3.63, 3.8) is 0 Å². The Morgan fingerprint density at radius 2 is 1.39 bits per heavy atom. The molecule has 0 N–H and O–H groups in total. The van der Waals surface area contributed by atoms with Gasteiger partial charge in [-0.25, -0.2) is 4.79 Å². The molecule has 1 aliphatic rings. The number of nitrogens with zero attached hydrogens (tertiary/aromatic N) is 1. The van der Waals surface area contributed by atoms with Crippen molar-refractivity contribution >= 4 is 17.3 Å². The summed E-state index contributed by atoms with van der Waals surface area (Å²) in [5.41, 5.74) is 2.98. The molecular weight excluding hydrogens is 454 g/mol. The van der Waals surface area contributed by atoms with Gasteiger partial charge in [-0.1, -0.05) is 54.6 Å². The lowest BCUT2D eigenvalue weighted by molar-refractivity contribution is -0.148. The highest BCUT2D eigenvalue weighted by atomic mass is 16.6. The van der Waals surface area contributed by atoms with Gasteiger partial charge in [0.2, 0.25) is 0 Å². The Bertz CT molecular complexity index is 1260. The zero-order valence-corrected chi connectivity index (χ0v) is 20.0. The number of esters is 1. The van der Waals surface area contributed by atoms with E-state index in [0.29, 0.717) is 25.3 Å². The summed E-state index contributed by atoms with van der Waals surface area (Å²) in [7, 11) is 1.37. The number of hydrogen-bond acceptors (Lipinski definition) is 6. The number of hydrogen-bond donors (Lipinski definition) is 0. The van der Waals surface area contributed by atoms with E-state index in [0.717, 1.165) is 34.2 Å². The summed E-state index contributed by atoms with van der Waals surface area (Å²) < 4.78 is 22.9. The molecule has 0 radical (unpaired) electrons. The largest absolute Gasteiger partial charge is 0.492 e. The van der Waals surface area contributed by atoms with Gasteiger partial charge in [-0.2, -0.15) is 0 Å². The maximum Gasteiger partial charge on any atom is 0.347 e. The van der Waals surface area contributed by atoms with Crippen molar-refractivity contribution in [2.45, 2.75) is 12.5 Å². The molecule has 36 heavy (non-hydrogen) atoms. The number of ether oxygens (including phenoxy) is 4. The van der Waals surface area contributed by atoms with Crippen molar-refractivity contribution in [1.82, 2.24) is 0 Å². The molecule has 0 bridgehead atoms. The molecule has 6 nitrogen and oxygen atoms in total. The van der Waals surface area contributed by atoms with Gasteiger partial charge in [0.25, 0.3) is 0 Å². The van der Waals surface area contributed by atoms with Gasteiger partial charge in [-0.3, -0.25) is 0 Å². The Morgan fingerprint density at radius 1 is 0.778 bits per heavy atom. The van der Waals surface area contributed by atoms with Crippen molar-refractivity contribution in [3.05, 3.63) is 109 Å². The first-order chi connectivity index (χ1) is 17.7. The Kier molecular flexibility index (Phi) is 7.03. The lowest BCUT2D eigenvalue weighted by atomic mass is 10.1. The van der Waals surface area contributed by atoms with Crippen LogP contribution < -0.4 is 19.1 Å². The van der Waals surface area contributed by atoms with Crippen LogP contribution in [0.5, 0.6) is 23.0 Å². The van der Waals surface area contributed by atoms with E-state index in [-0.39, 0.29) is 0 Å². The first-order valence-corrected chi connectivity index (χ1v) is 11.9. The quantitative estimate of drug-likeness (QED) is 0.266. The normalized spacial score (nSPS) is 12.5. The third-order valence-corrected chi connectivity index (χ3v) is 5.95. The van der Waals surface area contributed by atoms with Gasteiger partial charge in [-0.05, 0) is 54.1 Å². The lowest BCUT2D eigenvalue weighted by Gasteiger charge is -2.32. The number of fused-ring (bicyclic) bond motifs is 2. The maximum absolute atomic E-state index is 12.3. The van der Waals surface area contributed by atoms with Gasteiger partial charge in [0.15, 0.2) is 17.6 Å². The second kappa shape index (κ2) is 10.9. The summed E-state index contributed by atoms with van der Waals surface area (Å²) in [5.74, 6) is 2.63. The Labute approximate surface area is 210 Å². The smallest absolute Gasteiger partial charge is 0.347 e. The fourth-order valence-corrected chi connectivity index (χ4v) is 4.18. The Balaban J connectivity index is 1.21. The minimum Gasteiger partial charge on any atom is -0.492 e. The summed E-state index contributed by atoms with van der Waals surface area (Å²) in [6.07, 6.45) is -0.339. The lowest BCUT2D eigenvalue weighted by Crippen LogP contribution is -2.30. The zero-order valence-electron chi connectivity index (χ0n) is 20.0. The summed E-state index contributed by atoms with van der Waals surface area (Å²) >= 11 is 0. The average Bonchev–Trinajstić information content (AvgIpc) is 2.93. The van der Waals surface area contributed by atoms with Crippen LogP contribution in [0, 0.1) is 0 Å². The first-order valence-electron chi connectivity index (χ1n) is 11.9. The minimum absolute atomic E-state index is 0.392. The van der Waals surface area contributed by atoms with Gasteiger partial charge in [-0.15, -0.1) is 0 Å². The molecule has 182 valence electrons. The molecule has 6 heteroatoms. The second-order valence-electron chi connectivity index (χ2n) is 8.33. The van der Waals surface area contributed by atoms with E-state index >= 15 is 0 Å². The zero-order chi connectivity index (χ0) is 24.7. The van der Waals surface area contributed by atoms with Crippen molar-refractivity contribution in [3.8, 4) is 23.0 Å². The molecule has 1 aliphatic heterocycles. The van der Waals surface area contributed by atoms with Gasteiger partial charge < -0.3 is 23.8 Å². The predicted molar refractivity (Wildman–Crippen MR) is 138 cm³/mol. The standard InChI is InChI=1S/C30H27NO5/c1-33-30(32)29(35-24-9-3-2-4-10-24)21-22-15-17-23(18-16-22)34-20-19-31-25-11-5-7-13-27(25)36-28-14-8-6-12-26(28)31/h2-18,29H,19-21H2,1H3. The van der Waals surface area contributed by atoms with Crippen LogP contribution in [0.2, 0.25) is 0 Å². The van der Waals surface area contributed by atoms with Crippen LogP contribution in [-0.2, 0) is 16.0 Å². The average molecular weight is 482 g/mol. The fraction of sp³-hybridized carbons (Fsp3) is 0.167. The van der Waals surface area contributed by atoms with E-state index in [4.69, 9.17) is 18.9 Å². The Hall–Kier alpha value is -4.45. The van der Waals surface area contributed by atoms with E-state index in [1.165, 1.54) is 7.11 Å². The third-order valence-electron chi connectivity index (χ3n) is 5.95. The van der Waals surface area contributed by atoms with Crippen molar-refractivity contribution < 1.29 is 23.7 Å². The topological polar surface area (TPSA) is 57.2 Å². The number of benzene rings is 4. The molecular formula is C30H27NO5. The molecule has 1 atom stereocenters. The van der Waals surface area contributed by atoms with Crippen LogP contribution in [-0.4, -0.2) is 32.3 Å². The third kappa shape index (κ3) is 5.28. The number of carbonyl (C=O) groups excluding carboxylic acids is 1. The highest BCUT2D eigenvalue weighted by molar-refractivity contribution is 5.77. The van der Waals surface area contributed by atoms with Gasteiger partial charge in [0.05, 0.1) is 25.0 Å². The summed E-state index contributed by atoms with van der Waals surface area (Å²) in [5, 5.41) is 0. The summed E-state index contributed by atoms with van der Waals surface area (Å²) in [4.78, 5) is 14.5. The minimum atomic E-state index is -0.731. The molecule has 1 unspecified atom stereocenters. The van der Waals surface area contributed by atoms with Crippen molar-refractivity contribution in [1.29, 1.82) is 0 Å². The van der Waals surface area contributed by atoms with Crippen LogP contribution in [0.15, 0.2) is 103 Å². The highest BCUT2D eigenvalue weighted by Gasteiger charge is 2.24. The van der Waals surface area contributed by atoms with Crippen LogP contribution >= 0.6 is 0 Å². The monoisotopic (exact) mass is 481 g/mol. The molecule has 1 heterocycles. The van der Waals surface area contributed by atoms with E-state index in [1.807, 2.05) is 91.0 Å². The SMILES string of the molecule is COC(=O)C(Cc1ccc(OCCN2c3ccccc3Oc3ccccc32)cc1)Oc1ccccc1. The molecule has 0 aromatic heterocycles. The first kappa shape index (κ1) is 23.3. The van der Waals surface area contributed by atoms with Crippen molar-refractivity contribution in [2.75, 3.05) is 25.2 Å². The molecule has 0 saturated carbocycles. The predicted octanol–water partition coefficient (Wildman–Crippen LogP) is 6.17. The summed E-state index contributed by atoms with van der Waals surface area (Å²) in [6.45, 7) is 1.15. The molecule has 5 rings (SSSR count). The molecule has 0 spiro atoms. The van der Waals surface area contributed by atoms with E-state index in [9.17, 15) is 4.79 Å². The van der Waals surface area contributed by atoms with Crippen LogP contribution in [0.25, 0.3) is 0 Å². The van der Waals surface area contributed by atoms with Crippen molar-refractivity contribution in [2.24, 2.45) is 0 Å². The molecule has 0 aliphatic carbocycles. The van der Waals surface area contributed by atoms with E-state index in [2.05, 4.69) is 17.0 Å². The number of para-hydroxylation sites is 5. The second-order valence-corrected chi connectivity index (χ2v) is 8.33. The van der Waals surface area contributed by atoms with Crippen LogP contribution in [0.3, 0.4) is 0 Å². The van der Waals surface area contributed by atoms with Crippen LogP contribution in [0.1, 0.15) is 5.56 Å². The van der Waals surface area contributed by atoms with E-state index < -0.39 is 12.1 Å². The molecule has 0 amide bonds. The number of rotatable bonds is 9. The number of methoxy groups -OCH3 is 1. The Morgan fingerprint density at radius 3 is 2.03 bits per heavy atom. The number of carbonyl (C=O) groups is 1. The number of anilines is 2. The molecule has 4 aromatic carbocycles. The molecule has 0 saturated heterocycles. The molecule has 4 aromatic rings. The fourth-order valence-electron chi connectivity index (χ4n) is 4.18.